The van der Waals surface area contributed by atoms with Gasteiger partial charge in [-0.25, -0.2) is 0 Å². The summed E-state index contributed by atoms with van der Waals surface area (Å²) in [5.41, 5.74) is 2.90. The van der Waals surface area contributed by atoms with Gasteiger partial charge in [-0.15, -0.1) is 0 Å². The molecule has 1 aromatic rings. The third-order valence-corrected chi connectivity index (χ3v) is 5.73. The molecule has 23 heavy (non-hydrogen) atoms. The molecule has 2 aliphatic heterocycles. The van der Waals surface area contributed by atoms with Crippen LogP contribution >= 0.6 is 0 Å². The minimum absolute atomic E-state index is 0.854. The predicted octanol–water partition coefficient (Wildman–Crippen LogP) is 3.78. The molecule has 0 aromatic heterocycles. The van der Waals surface area contributed by atoms with E-state index in [4.69, 9.17) is 4.74 Å². The van der Waals surface area contributed by atoms with E-state index in [1.54, 1.807) is 0 Å². The Morgan fingerprint density at radius 2 is 1.96 bits per heavy atom. The van der Waals surface area contributed by atoms with Crippen LogP contribution in [-0.2, 0) is 11.3 Å². The van der Waals surface area contributed by atoms with Gasteiger partial charge in [0.05, 0.1) is 13.2 Å². The number of hydrogen-bond donors (Lipinski definition) is 0. The zero-order valence-corrected chi connectivity index (χ0v) is 14.8. The molecular weight excluding hydrogens is 284 g/mol. The molecule has 2 aliphatic rings. The Bertz CT molecular complexity index is 484. The lowest BCUT2D eigenvalue weighted by Gasteiger charge is -2.37. The zero-order valence-electron chi connectivity index (χ0n) is 14.8. The second-order valence-corrected chi connectivity index (χ2v) is 7.25. The van der Waals surface area contributed by atoms with E-state index in [0.29, 0.717) is 0 Å². The number of ether oxygens (including phenoxy) is 1. The van der Waals surface area contributed by atoms with Gasteiger partial charge in [0.15, 0.2) is 0 Å². The average molecular weight is 316 g/mol. The highest BCUT2D eigenvalue weighted by molar-refractivity contribution is 5.53. The number of para-hydroxylation sites is 1. The molecule has 0 spiro atoms. The first-order chi connectivity index (χ1) is 11.3. The molecule has 0 bridgehead atoms. The van der Waals surface area contributed by atoms with Gasteiger partial charge in [-0.05, 0) is 42.9 Å². The van der Waals surface area contributed by atoms with Gasteiger partial charge < -0.3 is 9.64 Å². The summed E-state index contributed by atoms with van der Waals surface area (Å²) in [6, 6.07) is 8.97. The molecular formula is C20H32N2O. The van der Waals surface area contributed by atoms with Crippen molar-refractivity contribution in [3.63, 3.8) is 0 Å². The van der Waals surface area contributed by atoms with Crippen LogP contribution in [0.15, 0.2) is 24.3 Å². The van der Waals surface area contributed by atoms with Crippen LogP contribution in [0.5, 0.6) is 0 Å². The minimum Gasteiger partial charge on any atom is -0.378 e. The number of hydrogen-bond acceptors (Lipinski definition) is 3. The SMILES string of the molecule is CCC(C)C1CCCN(Cc2ccccc2N2CCOCC2)C1. The summed E-state index contributed by atoms with van der Waals surface area (Å²) in [5, 5.41) is 0. The first-order valence-electron chi connectivity index (χ1n) is 9.41. The molecule has 0 saturated carbocycles. The number of likely N-dealkylation sites (tertiary alicyclic amines) is 1. The van der Waals surface area contributed by atoms with Crippen LogP contribution in [0.2, 0.25) is 0 Å². The highest BCUT2D eigenvalue weighted by Gasteiger charge is 2.24. The molecule has 0 N–H and O–H groups in total. The smallest absolute Gasteiger partial charge is 0.0642 e. The highest BCUT2D eigenvalue weighted by Crippen LogP contribution is 2.29. The van der Waals surface area contributed by atoms with Crippen LogP contribution in [0.1, 0.15) is 38.7 Å². The quantitative estimate of drug-likeness (QED) is 0.822. The monoisotopic (exact) mass is 316 g/mol. The molecule has 128 valence electrons. The maximum Gasteiger partial charge on any atom is 0.0642 e. The first kappa shape index (κ1) is 16.8. The summed E-state index contributed by atoms with van der Waals surface area (Å²) in [6.45, 7) is 12.1. The van der Waals surface area contributed by atoms with Gasteiger partial charge in [-0.1, -0.05) is 38.5 Å². The van der Waals surface area contributed by atoms with Crippen molar-refractivity contribution in [2.45, 2.75) is 39.7 Å². The Kier molecular flexibility index (Phi) is 5.96. The van der Waals surface area contributed by atoms with Crippen molar-refractivity contribution in [1.29, 1.82) is 0 Å². The van der Waals surface area contributed by atoms with E-state index in [0.717, 1.165) is 44.7 Å². The van der Waals surface area contributed by atoms with Crippen molar-refractivity contribution < 1.29 is 4.74 Å². The van der Waals surface area contributed by atoms with E-state index in [9.17, 15) is 0 Å². The topological polar surface area (TPSA) is 15.7 Å². The van der Waals surface area contributed by atoms with Gasteiger partial charge in [0.2, 0.25) is 0 Å². The van der Waals surface area contributed by atoms with E-state index in [1.807, 2.05) is 0 Å². The van der Waals surface area contributed by atoms with Crippen molar-refractivity contribution in [1.82, 2.24) is 4.90 Å². The fraction of sp³-hybridized carbons (Fsp3) is 0.700. The van der Waals surface area contributed by atoms with Crippen LogP contribution in [0.25, 0.3) is 0 Å². The Morgan fingerprint density at radius 3 is 2.74 bits per heavy atom. The molecule has 2 fully saturated rings. The molecule has 1 aromatic carbocycles. The molecule has 2 unspecified atom stereocenters. The number of rotatable bonds is 5. The van der Waals surface area contributed by atoms with Gasteiger partial charge >= 0.3 is 0 Å². The van der Waals surface area contributed by atoms with Gasteiger partial charge in [-0.2, -0.15) is 0 Å². The summed E-state index contributed by atoms with van der Waals surface area (Å²) in [4.78, 5) is 5.18. The fourth-order valence-electron chi connectivity index (χ4n) is 4.03. The Labute approximate surface area is 141 Å². The highest BCUT2D eigenvalue weighted by atomic mass is 16.5. The lowest BCUT2D eigenvalue weighted by atomic mass is 9.85. The van der Waals surface area contributed by atoms with Crippen molar-refractivity contribution in [3.05, 3.63) is 29.8 Å². The van der Waals surface area contributed by atoms with E-state index >= 15 is 0 Å². The number of morpholine rings is 1. The van der Waals surface area contributed by atoms with E-state index in [2.05, 4.69) is 47.9 Å². The van der Waals surface area contributed by atoms with Gasteiger partial charge in [0.25, 0.3) is 0 Å². The van der Waals surface area contributed by atoms with Crippen molar-refractivity contribution in [3.8, 4) is 0 Å². The van der Waals surface area contributed by atoms with Crippen molar-refractivity contribution in [2.75, 3.05) is 44.3 Å². The lowest BCUT2D eigenvalue weighted by Crippen LogP contribution is -2.39. The normalized spacial score (nSPS) is 24.6. The number of piperidine rings is 1. The third-order valence-electron chi connectivity index (χ3n) is 5.73. The van der Waals surface area contributed by atoms with Gasteiger partial charge in [0, 0.05) is 31.9 Å². The van der Waals surface area contributed by atoms with E-state index in [-0.39, 0.29) is 0 Å². The summed E-state index contributed by atoms with van der Waals surface area (Å²) >= 11 is 0. The molecule has 0 radical (unpaired) electrons. The maximum atomic E-state index is 5.51. The second kappa shape index (κ2) is 8.16. The van der Waals surface area contributed by atoms with Crippen LogP contribution in [0.4, 0.5) is 5.69 Å². The van der Waals surface area contributed by atoms with Crippen LogP contribution in [0, 0.1) is 11.8 Å². The molecule has 3 nitrogen and oxygen atoms in total. The number of nitrogens with zero attached hydrogens (tertiary/aromatic N) is 2. The van der Waals surface area contributed by atoms with E-state index in [1.165, 1.54) is 43.6 Å². The Hall–Kier alpha value is -1.06. The van der Waals surface area contributed by atoms with Crippen LogP contribution in [-0.4, -0.2) is 44.3 Å². The summed E-state index contributed by atoms with van der Waals surface area (Å²) in [7, 11) is 0. The van der Waals surface area contributed by atoms with Crippen LogP contribution in [0.3, 0.4) is 0 Å². The van der Waals surface area contributed by atoms with E-state index < -0.39 is 0 Å². The molecule has 2 heterocycles. The average Bonchev–Trinajstić information content (AvgIpc) is 2.62. The lowest BCUT2D eigenvalue weighted by molar-refractivity contribution is 0.121. The largest absolute Gasteiger partial charge is 0.378 e. The number of anilines is 1. The standard InChI is InChI=1S/C20H32N2O/c1-3-17(2)18-8-6-10-21(15-18)16-19-7-4-5-9-20(19)22-11-13-23-14-12-22/h4-5,7,9,17-18H,3,6,8,10-16H2,1-2H3. The predicted molar refractivity (Wildman–Crippen MR) is 96.9 cm³/mol. The summed E-state index contributed by atoms with van der Waals surface area (Å²) in [5.74, 6) is 1.73. The Balaban J connectivity index is 1.67. The molecule has 3 rings (SSSR count). The molecule has 3 heteroatoms. The Morgan fingerprint density at radius 1 is 1.17 bits per heavy atom. The van der Waals surface area contributed by atoms with Crippen molar-refractivity contribution >= 4 is 5.69 Å². The second-order valence-electron chi connectivity index (χ2n) is 7.25. The maximum absolute atomic E-state index is 5.51. The first-order valence-corrected chi connectivity index (χ1v) is 9.41. The summed E-state index contributed by atoms with van der Waals surface area (Å²) in [6.07, 6.45) is 4.08. The molecule has 0 amide bonds. The molecule has 2 saturated heterocycles. The molecule has 0 aliphatic carbocycles. The van der Waals surface area contributed by atoms with Gasteiger partial charge in [0.1, 0.15) is 0 Å². The fourth-order valence-corrected chi connectivity index (χ4v) is 4.03. The van der Waals surface area contributed by atoms with Gasteiger partial charge in [-0.3, -0.25) is 4.90 Å². The number of benzene rings is 1. The minimum atomic E-state index is 0.854. The molecule has 2 atom stereocenters. The van der Waals surface area contributed by atoms with Crippen LogP contribution < -0.4 is 4.90 Å². The van der Waals surface area contributed by atoms with Crippen molar-refractivity contribution in [2.24, 2.45) is 11.8 Å². The zero-order chi connectivity index (χ0) is 16.1. The third kappa shape index (κ3) is 4.27. The summed E-state index contributed by atoms with van der Waals surface area (Å²) < 4.78 is 5.51.